The van der Waals surface area contributed by atoms with Gasteiger partial charge in [0, 0.05) is 58.8 Å². The molecule has 4 heterocycles. The molecule has 0 saturated carbocycles. The fourth-order valence-corrected chi connectivity index (χ4v) is 5.77. The number of thiophene rings is 1. The molecule has 0 atom stereocenters. The minimum absolute atomic E-state index is 0.205. The van der Waals surface area contributed by atoms with Gasteiger partial charge >= 0.3 is 6.18 Å². The first-order valence-electron chi connectivity index (χ1n) is 11.8. The van der Waals surface area contributed by atoms with Crippen LogP contribution < -0.4 is 10.1 Å². The van der Waals surface area contributed by atoms with Crippen LogP contribution in [-0.4, -0.2) is 51.8 Å². The van der Waals surface area contributed by atoms with Gasteiger partial charge in [0.2, 0.25) is 0 Å². The Hall–Kier alpha value is -2.85. The number of hydrogen-bond donors (Lipinski definition) is 2. The highest BCUT2D eigenvalue weighted by Crippen LogP contribution is 2.33. The lowest BCUT2D eigenvalue weighted by atomic mass is 10.0. The highest BCUT2D eigenvalue weighted by Gasteiger charge is 2.29. The predicted octanol–water partition coefficient (Wildman–Crippen LogP) is 6.06. The number of H-pyrrole nitrogens is 1. The Balaban J connectivity index is 1.24. The van der Waals surface area contributed by atoms with Gasteiger partial charge in [-0.15, -0.1) is 11.3 Å². The molecule has 2 N–H and O–H groups in total. The van der Waals surface area contributed by atoms with Crippen molar-refractivity contribution in [2.24, 2.45) is 0 Å². The van der Waals surface area contributed by atoms with E-state index in [1.54, 1.807) is 6.07 Å². The molecule has 6 nitrogen and oxygen atoms in total. The van der Waals surface area contributed by atoms with Crippen molar-refractivity contribution in [3.63, 3.8) is 0 Å². The van der Waals surface area contributed by atoms with Gasteiger partial charge in [-0.05, 0) is 44.9 Å². The summed E-state index contributed by atoms with van der Waals surface area (Å²) in [5.41, 5.74) is 3.39. The van der Waals surface area contributed by atoms with Gasteiger partial charge in [-0.25, -0.2) is 9.97 Å². The van der Waals surface area contributed by atoms with Crippen molar-refractivity contribution in [2.75, 3.05) is 25.0 Å². The van der Waals surface area contributed by atoms with E-state index in [1.807, 2.05) is 6.92 Å². The summed E-state index contributed by atoms with van der Waals surface area (Å²) in [6.07, 6.45) is -1.92. The number of nitrogens with one attached hydrogen (secondary N) is 2. The molecule has 10 heteroatoms. The number of likely N-dealkylation sites (tertiary alicyclic amines) is 1. The smallest absolute Gasteiger partial charge is 0.393 e. The Labute approximate surface area is 205 Å². The van der Waals surface area contributed by atoms with Gasteiger partial charge in [0.05, 0.1) is 18.4 Å². The molecule has 5 rings (SSSR count). The maximum absolute atomic E-state index is 12.8. The molecule has 1 aliphatic rings. The predicted molar refractivity (Wildman–Crippen MR) is 133 cm³/mol. The maximum Gasteiger partial charge on any atom is 0.393 e. The molecular formula is C25H28F3N5OS. The summed E-state index contributed by atoms with van der Waals surface area (Å²) in [6.45, 7) is 7.29. The second-order valence-electron chi connectivity index (χ2n) is 9.07. The molecule has 1 aromatic carbocycles. The van der Waals surface area contributed by atoms with E-state index in [4.69, 9.17) is 4.74 Å². The van der Waals surface area contributed by atoms with E-state index in [0.717, 1.165) is 60.8 Å². The Morgan fingerprint density at radius 3 is 2.71 bits per heavy atom. The van der Waals surface area contributed by atoms with Crippen molar-refractivity contribution in [1.82, 2.24) is 19.9 Å². The molecule has 1 saturated heterocycles. The zero-order valence-corrected chi connectivity index (χ0v) is 20.5. The molecular weight excluding hydrogens is 475 g/mol. The molecule has 4 aromatic rings. The lowest BCUT2D eigenvalue weighted by Crippen LogP contribution is -2.38. The Bertz CT molecular complexity index is 1320. The van der Waals surface area contributed by atoms with Crippen LogP contribution in [0.5, 0.6) is 5.75 Å². The number of rotatable bonds is 7. The van der Waals surface area contributed by atoms with E-state index in [1.165, 1.54) is 17.3 Å². The number of nitrogens with zero attached hydrogens (tertiary/aromatic N) is 3. The third kappa shape index (κ3) is 5.54. The monoisotopic (exact) mass is 503 g/mol. The SMILES string of the molecule is CCOc1cc2[nH]c(C)cc2cc1CN1CCC(Nc2ncnc3sc(CC(F)(F)F)cc23)CC1. The second-order valence-corrected chi connectivity index (χ2v) is 10.2. The van der Waals surface area contributed by atoms with E-state index < -0.39 is 12.6 Å². The van der Waals surface area contributed by atoms with E-state index in [9.17, 15) is 13.2 Å². The summed E-state index contributed by atoms with van der Waals surface area (Å²) in [5, 5.41) is 5.31. The van der Waals surface area contributed by atoms with Crippen LogP contribution in [0, 0.1) is 6.92 Å². The minimum Gasteiger partial charge on any atom is -0.493 e. The van der Waals surface area contributed by atoms with Gasteiger partial charge in [-0.2, -0.15) is 13.2 Å². The zero-order valence-electron chi connectivity index (χ0n) is 19.7. The first-order chi connectivity index (χ1) is 16.8. The molecule has 0 radical (unpaired) electrons. The molecule has 3 aromatic heterocycles. The number of alkyl halides is 3. The van der Waals surface area contributed by atoms with Crippen molar-refractivity contribution in [3.05, 3.63) is 46.7 Å². The average Bonchev–Trinajstić information content (AvgIpc) is 3.36. The van der Waals surface area contributed by atoms with Crippen molar-refractivity contribution in [3.8, 4) is 5.75 Å². The van der Waals surface area contributed by atoms with Gasteiger partial charge in [0.1, 0.15) is 22.7 Å². The number of anilines is 1. The van der Waals surface area contributed by atoms with Crippen LogP contribution in [0.1, 0.15) is 35.9 Å². The van der Waals surface area contributed by atoms with Crippen molar-refractivity contribution < 1.29 is 17.9 Å². The largest absolute Gasteiger partial charge is 0.493 e. The van der Waals surface area contributed by atoms with Crippen molar-refractivity contribution in [1.29, 1.82) is 0 Å². The highest BCUT2D eigenvalue weighted by molar-refractivity contribution is 7.18. The van der Waals surface area contributed by atoms with Crippen LogP contribution in [0.15, 0.2) is 30.6 Å². The number of piperidine rings is 1. The number of hydrogen-bond acceptors (Lipinski definition) is 6. The topological polar surface area (TPSA) is 66.1 Å². The van der Waals surface area contributed by atoms with Gasteiger partial charge in [0.15, 0.2) is 0 Å². The van der Waals surface area contributed by atoms with Crippen molar-refractivity contribution >= 4 is 38.3 Å². The third-order valence-corrected chi connectivity index (χ3v) is 7.36. The molecule has 1 fully saturated rings. The quantitative estimate of drug-likeness (QED) is 0.321. The summed E-state index contributed by atoms with van der Waals surface area (Å²) in [7, 11) is 0. The standard InChI is InChI=1S/C25H28F3N5OS/c1-3-34-22-11-21-16(8-15(2)31-21)9-17(22)13-33-6-4-18(5-7-33)32-23-20-10-19(12-25(26,27)28)35-24(20)30-14-29-23/h8-11,14,18,31H,3-7,12-13H2,1-2H3,(H,29,30,32). The average molecular weight is 504 g/mol. The van der Waals surface area contributed by atoms with Crippen LogP contribution in [0.2, 0.25) is 0 Å². The Morgan fingerprint density at radius 2 is 1.97 bits per heavy atom. The molecule has 1 aliphatic heterocycles. The highest BCUT2D eigenvalue weighted by atomic mass is 32.1. The number of aromatic nitrogens is 3. The first-order valence-corrected chi connectivity index (χ1v) is 12.6. The lowest BCUT2D eigenvalue weighted by Gasteiger charge is -2.33. The summed E-state index contributed by atoms with van der Waals surface area (Å²) in [6, 6.07) is 8.22. The van der Waals surface area contributed by atoms with Gasteiger partial charge < -0.3 is 15.0 Å². The van der Waals surface area contributed by atoms with Gasteiger partial charge in [-0.3, -0.25) is 4.90 Å². The third-order valence-electron chi connectivity index (χ3n) is 6.31. The molecule has 0 spiro atoms. The molecule has 0 aliphatic carbocycles. The number of fused-ring (bicyclic) bond motifs is 2. The van der Waals surface area contributed by atoms with Crippen molar-refractivity contribution in [2.45, 2.75) is 51.9 Å². The minimum atomic E-state index is -4.23. The van der Waals surface area contributed by atoms with Crippen LogP contribution in [0.25, 0.3) is 21.1 Å². The van der Waals surface area contributed by atoms with Crippen LogP contribution in [0.3, 0.4) is 0 Å². The van der Waals surface area contributed by atoms with E-state index in [-0.39, 0.29) is 10.9 Å². The Kier molecular flexibility index (Phi) is 6.59. The van der Waals surface area contributed by atoms with Crippen LogP contribution in [0.4, 0.5) is 19.0 Å². The van der Waals surface area contributed by atoms with Gasteiger partial charge in [-0.1, -0.05) is 0 Å². The summed E-state index contributed by atoms with van der Waals surface area (Å²) < 4.78 is 44.4. The summed E-state index contributed by atoms with van der Waals surface area (Å²) in [5.74, 6) is 1.53. The normalized spacial score (nSPS) is 15.8. The van der Waals surface area contributed by atoms with Crippen LogP contribution in [-0.2, 0) is 13.0 Å². The van der Waals surface area contributed by atoms with Crippen LogP contribution >= 0.6 is 11.3 Å². The molecule has 35 heavy (non-hydrogen) atoms. The van der Waals surface area contributed by atoms with E-state index in [2.05, 4.69) is 50.3 Å². The Morgan fingerprint density at radius 1 is 1.17 bits per heavy atom. The molecule has 0 unspecified atom stereocenters. The molecule has 0 amide bonds. The number of aromatic amines is 1. The first kappa shape index (κ1) is 23.9. The number of ether oxygens (including phenoxy) is 1. The number of benzene rings is 1. The van der Waals surface area contributed by atoms with E-state index >= 15 is 0 Å². The zero-order chi connectivity index (χ0) is 24.6. The number of aryl methyl sites for hydroxylation is 1. The molecule has 186 valence electrons. The fourth-order valence-electron chi connectivity index (χ4n) is 4.74. The molecule has 0 bridgehead atoms. The summed E-state index contributed by atoms with van der Waals surface area (Å²) in [4.78, 5) is 15.1. The van der Waals surface area contributed by atoms with Gasteiger partial charge in [0.25, 0.3) is 0 Å². The van der Waals surface area contributed by atoms with E-state index in [0.29, 0.717) is 22.6 Å². The maximum atomic E-state index is 12.8. The lowest BCUT2D eigenvalue weighted by molar-refractivity contribution is -0.126. The fraction of sp³-hybridized carbons (Fsp3) is 0.440. The second kappa shape index (κ2) is 9.66. The number of halogens is 3. The summed E-state index contributed by atoms with van der Waals surface area (Å²) >= 11 is 1.08.